The molecule has 3 aromatic carbocycles. The summed E-state index contributed by atoms with van der Waals surface area (Å²) in [5, 5.41) is 5.80. The first-order valence-electron chi connectivity index (χ1n) is 14.8. The summed E-state index contributed by atoms with van der Waals surface area (Å²) >= 11 is 0. The van der Waals surface area contributed by atoms with Crippen LogP contribution in [0.4, 0.5) is 0 Å². The smallest absolute Gasteiger partial charge is 0.244 e. The van der Waals surface area contributed by atoms with E-state index in [2.05, 4.69) is 65.4 Å². The molecule has 2 amide bonds. The average molecular weight is 567 g/mol. The molecule has 0 aliphatic heterocycles. The zero-order valence-corrected chi connectivity index (χ0v) is 24.8. The van der Waals surface area contributed by atoms with Gasteiger partial charge in [-0.05, 0) is 29.5 Å². The second-order valence-electron chi connectivity index (χ2n) is 10.6. The molecule has 4 aromatic rings. The van der Waals surface area contributed by atoms with Crippen LogP contribution in [-0.4, -0.2) is 41.2 Å². The predicted octanol–water partition coefficient (Wildman–Crippen LogP) is 5.69. The van der Waals surface area contributed by atoms with E-state index in [1.165, 1.54) is 7.11 Å². The van der Waals surface area contributed by atoms with Crippen LogP contribution in [0.2, 0.25) is 0 Å². The molecule has 0 saturated carbocycles. The molecule has 0 saturated heterocycles. The molecule has 0 unspecified atom stereocenters. The van der Waals surface area contributed by atoms with Crippen molar-refractivity contribution in [2.75, 3.05) is 13.8 Å². The Morgan fingerprint density at radius 2 is 1.31 bits per heavy atom. The molecule has 0 spiro atoms. The summed E-state index contributed by atoms with van der Waals surface area (Å²) in [5.74, 6) is -0.521. The van der Waals surface area contributed by atoms with Crippen molar-refractivity contribution in [3.8, 4) is 0 Å². The van der Waals surface area contributed by atoms with Crippen LogP contribution in [0.15, 0.2) is 104 Å². The minimum absolute atomic E-state index is 0.0616. The van der Waals surface area contributed by atoms with E-state index in [9.17, 15) is 9.59 Å². The molecule has 7 nitrogen and oxygen atoms in total. The molecule has 0 aliphatic rings. The summed E-state index contributed by atoms with van der Waals surface area (Å²) in [6.45, 7) is 4.21. The number of aromatic nitrogens is 2. The number of imidazole rings is 1. The molecule has 0 bridgehead atoms. The molecule has 7 heteroatoms. The highest BCUT2D eigenvalue weighted by molar-refractivity contribution is 5.88. The van der Waals surface area contributed by atoms with Crippen molar-refractivity contribution >= 4 is 11.8 Å². The lowest BCUT2D eigenvalue weighted by Crippen LogP contribution is -2.50. The third kappa shape index (κ3) is 6.97. The molecule has 1 atom stereocenters. The summed E-state index contributed by atoms with van der Waals surface area (Å²) in [4.78, 5) is 31.3. The van der Waals surface area contributed by atoms with Crippen LogP contribution in [0.3, 0.4) is 0 Å². The zero-order valence-electron chi connectivity index (χ0n) is 24.8. The van der Waals surface area contributed by atoms with Gasteiger partial charge in [0, 0.05) is 25.6 Å². The lowest BCUT2D eigenvalue weighted by atomic mass is 9.77. The van der Waals surface area contributed by atoms with Gasteiger partial charge in [0.2, 0.25) is 11.8 Å². The second-order valence-corrected chi connectivity index (χ2v) is 10.6. The van der Waals surface area contributed by atoms with E-state index < -0.39 is 11.6 Å². The Kier molecular flexibility index (Phi) is 11.1. The van der Waals surface area contributed by atoms with Crippen LogP contribution in [0.5, 0.6) is 0 Å². The lowest BCUT2D eigenvalue weighted by Gasteiger charge is -2.37. The molecule has 0 radical (unpaired) electrons. The highest BCUT2D eigenvalue weighted by Crippen LogP contribution is 2.40. The Bertz CT molecular complexity index is 1290. The van der Waals surface area contributed by atoms with Crippen molar-refractivity contribution in [2.45, 2.75) is 57.5 Å². The van der Waals surface area contributed by atoms with E-state index in [1.807, 2.05) is 67.1 Å². The van der Waals surface area contributed by atoms with Gasteiger partial charge in [0.25, 0.3) is 0 Å². The third-order valence-corrected chi connectivity index (χ3v) is 7.68. The van der Waals surface area contributed by atoms with E-state index in [-0.39, 0.29) is 30.9 Å². The van der Waals surface area contributed by atoms with E-state index in [4.69, 9.17) is 9.72 Å². The van der Waals surface area contributed by atoms with Gasteiger partial charge in [0.15, 0.2) is 0 Å². The minimum atomic E-state index is -0.785. The number of carbonyl (C=O) groups excluding carboxylic acids is 2. The van der Waals surface area contributed by atoms with Crippen molar-refractivity contribution < 1.29 is 14.3 Å². The van der Waals surface area contributed by atoms with E-state index in [0.29, 0.717) is 5.69 Å². The number of ether oxygens (including phenoxy) is 1. The maximum absolute atomic E-state index is 13.3. The van der Waals surface area contributed by atoms with Gasteiger partial charge in [0.05, 0.1) is 12.0 Å². The van der Waals surface area contributed by atoms with Gasteiger partial charge in [-0.2, -0.15) is 0 Å². The van der Waals surface area contributed by atoms with Crippen LogP contribution in [0.25, 0.3) is 0 Å². The summed E-state index contributed by atoms with van der Waals surface area (Å²) < 4.78 is 7.19. The molecule has 4 rings (SSSR count). The molecule has 42 heavy (non-hydrogen) atoms. The molecule has 220 valence electrons. The molecule has 1 heterocycles. The Balaban J connectivity index is 1.76. The Morgan fingerprint density at radius 1 is 0.810 bits per heavy atom. The topological polar surface area (TPSA) is 85.2 Å². The van der Waals surface area contributed by atoms with Crippen LogP contribution in [0.1, 0.15) is 61.9 Å². The summed E-state index contributed by atoms with van der Waals surface area (Å²) in [7, 11) is 1.52. The highest BCUT2D eigenvalue weighted by Gasteiger charge is 2.38. The monoisotopic (exact) mass is 566 g/mol. The second kappa shape index (κ2) is 15.1. The third-order valence-electron chi connectivity index (χ3n) is 7.68. The van der Waals surface area contributed by atoms with Gasteiger partial charge >= 0.3 is 0 Å². The summed E-state index contributed by atoms with van der Waals surface area (Å²) in [5.41, 5.74) is 3.23. The van der Waals surface area contributed by atoms with Crippen molar-refractivity contribution in [3.05, 3.63) is 126 Å². The zero-order chi connectivity index (χ0) is 29.8. The number of hydrogen-bond donors (Lipinski definition) is 2. The SMILES string of the molecule is CCCC(CCC)C(=O)N[C@@H](Cc1cn(C(c2ccccc2)(c2ccccc2)c2ccccc2)cn1)C(=O)NCOC. The van der Waals surface area contributed by atoms with Gasteiger partial charge in [-0.1, -0.05) is 118 Å². The fraction of sp³-hybridized carbons (Fsp3) is 0.343. The molecular formula is C35H42N4O3. The first kappa shape index (κ1) is 30.7. The van der Waals surface area contributed by atoms with Crippen LogP contribution in [-0.2, 0) is 26.3 Å². The van der Waals surface area contributed by atoms with Gasteiger partial charge in [0.1, 0.15) is 18.3 Å². The fourth-order valence-electron chi connectivity index (χ4n) is 5.72. The minimum Gasteiger partial charge on any atom is -0.364 e. The molecule has 0 aliphatic carbocycles. The normalized spacial score (nSPS) is 12.2. The van der Waals surface area contributed by atoms with E-state index in [0.717, 1.165) is 42.4 Å². The standard InChI is InChI=1S/C35H42N4O3/c1-4-15-27(16-5-2)33(40)38-32(34(41)37-26-42-3)23-31-24-39(25-36-31)35(28-17-9-6-10-18-28,29-19-11-7-12-20-29)30-21-13-8-14-22-30/h6-14,17-22,24-25,27,32H,4-5,15-16,23,26H2,1-3H3,(H,37,41)(H,38,40)/t32-/m0/s1. The molecular weight excluding hydrogens is 524 g/mol. The van der Waals surface area contributed by atoms with Crippen molar-refractivity contribution in [3.63, 3.8) is 0 Å². The molecule has 1 aromatic heterocycles. The van der Waals surface area contributed by atoms with Crippen molar-refractivity contribution in [2.24, 2.45) is 5.92 Å². The average Bonchev–Trinajstić information content (AvgIpc) is 3.50. The fourth-order valence-corrected chi connectivity index (χ4v) is 5.72. The molecule has 0 fully saturated rings. The maximum atomic E-state index is 13.3. The van der Waals surface area contributed by atoms with Crippen LogP contribution in [0, 0.1) is 5.92 Å². The number of methoxy groups -OCH3 is 1. The molecule has 2 N–H and O–H groups in total. The predicted molar refractivity (Wildman–Crippen MR) is 166 cm³/mol. The number of rotatable bonds is 15. The number of nitrogens with zero attached hydrogens (tertiary/aromatic N) is 2. The lowest BCUT2D eigenvalue weighted by molar-refractivity contribution is -0.132. The van der Waals surface area contributed by atoms with E-state index in [1.54, 1.807) is 0 Å². The Morgan fingerprint density at radius 3 is 1.76 bits per heavy atom. The van der Waals surface area contributed by atoms with Crippen molar-refractivity contribution in [1.82, 2.24) is 20.2 Å². The quantitative estimate of drug-likeness (QED) is 0.143. The first-order chi connectivity index (χ1) is 20.5. The Hall–Kier alpha value is -4.23. The number of hydrogen-bond acceptors (Lipinski definition) is 4. The van der Waals surface area contributed by atoms with E-state index >= 15 is 0 Å². The number of carbonyl (C=O) groups is 2. The number of nitrogens with one attached hydrogen (secondary N) is 2. The maximum Gasteiger partial charge on any atom is 0.244 e. The first-order valence-corrected chi connectivity index (χ1v) is 14.8. The summed E-state index contributed by atoms with van der Waals surface area (Å²) in [6.07, 6.45) is 7.44. The van der Waals surface area contributed by atoms with Gasteiger partial charge < -0.3 is 19.9 Å². The van der Waals surface area contributed by atoms with Gasteiger partial charge in [-0.15, -0.1) is 0 Å². The van der Waals surface area contributed by atoms with Crippen LogP contribution < -0.4 is 10.6 Å². The Labute approximate surface area is 249 Å². The summed E-state index contributed by atoms with van der Waals surface area (Å²) in [6, 6.07) is 30.3. The highest BCUT2D eigenvalue weighted by atomic mass is 16.5. The number of benzene rings is 3. The van der Waals surface area contributed by atoms with Crippen molar-refractivity contribution in [1.29, 1.82) is 0 Å². The van der Waals surface area contributed by atoms with Gasteiger partial charge in [-0.3, -0.25) is 9.59 Å². The van der Waals surface area contributed by atoms with Gasteiger partial charge in [-0.25, -0.2) is 4.98 Å². The van der Waals surface area contributed by atoms with Crippen LogP contribution >= 0.6 is 0 Å². The largest absolute Gasteiger partial charge is 0.364 e. The number of amides is 2.